The molecule has 0 amide bonds. The molecule has 0 saturated carbocycles. The molecule has 0 aliphatic heterocycles. The molecule has 8 heteroatoms. The second-order valence-corrected chi connectivity index (χ2v) is 15.7. The van der Waals surface area contributed by atoms with Crippen LogP contribution in [0.2, 0.25) is 0 Å². The molecule has 0 heterocycles. The van der Waals surface area contributed by atoms with Gasteiger partial charge >= 0.3 is 24.4 Å². The normalized spacial score (nSPS) is 10.4. The van der Waals surface area contributed by atoms with Gasteiger partial charge in [-0.2, -0.15) is 29.3 Å². The first-order valence-electron chi connectivity index (χ1n) is 20.1. The van der Waals surface area contributed by atoms with E-state index >= 15 is 0 Å². The molecule has 0 bridgehead atoms. The molecule has 0 atom stereocenters. The monoisotopic (exact) mass is 840 g/mol. The van der Waals surface area contributed by atoms with E-state index in [4.69, 9.17) is 12.6 Å². The van der Waals surface area contributed by atoms with E-state index in [2.05, 4.69) is 20.8 Å². The molecule has 0 fully saturated rings. The van der Waals surface area contributed by atoms with Crippen molar-refractivity contribution in [2.45, 2.75) is 213 Å². The van der Waals surface area contributed by atoms with Crippen LogP contribution in [0.1, 0.15) is 213 Å². The second-order valence-electron chi connectivity index (χ2n) is 13.1. The SMILES string of the molecule is CCCCCCCCCCCCSCC(=O)[O-].CCCCCCCCCCCCSCC(=O)[O-].CCCCCCCCCCCC[S-].[Sb+3]. The van der Waals surface area contributed by atoms with Crippen LogP contribution in [0, 0.1) is 0 Å². The van der Waals surface area contributed by atoms with Crippen molar-refractivity contribution in [2.75, 3.05) is 28.8 Å². The Balaban J connectivity index is -0.000000303. The van der Waals surface area contributed by atoms with Gasteiger partial charge in [0.15, 0.2) is 0 Å². The fourth-order valence-electron chi connectivity index (χ4n) is 5.28. The van der Waals surface area contributed by atoms with Crippen LogP contribution in [-0.2, 0) is 22.2 Å². The van der Waals surface area contributed by atoms with E-state index in [1.54, 1.807) is 0 Å². The minimum Gasteiger partial charge on any atom is -0.793 e. The van der Waals surface area contributed by atoms with E-state index < -0.39 is 11.9 Å². The molecule has 4 nitrogen and oxygen atoms in total. The first-order chi connectivity index (χ1) is 23.0. The average molecular weight is 842 g/mol. The van der Waals surface area contributed by atoms with Gasteiger partial charge in [0.2, 0.25) is 0 Å². The minimum atomic E-state index is -0.943. The van der Waals surface area contributed by atoms with Crippen molar-refractivity contribution in [2.24, 2.45) is 0 Å². The van der Waals surface area contributed by atoms with E-state index in [0.717, 1.165) is 30.1 Å². The molecular formula is C40H79O4S3Sb. The zero-order valence-electron chi connectivity index (χ0n) is 32.1. The summed E-state index contributed by atoms with van der Waals surface area (Å²) in [4.78, 5) is 20.3. The van der Waals surface area contributed by atoms with Crippen LogP contribution in [0.4, 0.5) is 0 Å². The smallest absolute Gasteiger partial charge is 0.793 e. The molecule has 0 unspecified atom stereocenters. The van der Waals surface area contributed by atoms with Crippen LogP contribution in [0.25, 0.3) is 0 Å². The Morgan fingerprint density at radius 2 is 0.604 bits per heavy atom. The number of aliphatic carboxylic acids is 2. The quantitative estimate of drug-likeness (QED) is 0.0353. The predicted octanol–water partition coefficient (Wildman–Crippen LogP) is 10.9. The third kappa shape index (κ3) is 65.2. The Labute approximate surface area is 332 Å². The molecule has 0 aromatic heterocycles. The van der Waals surface area contributed by atoms with Crippen LogP contribution >= 0.6 is 23.5 Å². The largest absolute Gasteiger partial charge is 3.00 e. The number of unbranched alkanes of at least 4 members (excludes halogenated alkanes) is 27. The first-order valence-corrected chi connectivity index (χ1v) is 23.0. The Hall–Kier alpha value is 0.808. The molecule has 0 aromatic rings. The summed E-state index contributed by atoms with van der Waals surface area (Å²) in [6.45, 7) is 6.77. The standard InChI is InChI=1S/2C14H28O2S.C12H26S.Sb/c2*1-2-3-4-5-6-7-8-9-10-11-12-17-13-14(15)16;1-2-3-4-5-6-7-8-9-10-11-12-13;/h2*2-13H2,1H3,(H,15,16);13H,2-12H2,1H3;/q;;;+3/p-3. The Kier molecular flexibility index (Phi) is 63.2. The number of carbonyl (C=O) groups is 2. The van der Waals surface area contributed by atoms with Crippen molar-refractivity contribution in [3.63, 3.8) is 0 Å². The van der Waals surface area contributed by atoms with E-state index in [0.29, 0.717) is 0 Å². The summed E-state index contributed by atoms with van der Waals surface area (Å²) >= 11 is 7.85. The third-order valence-electron chi connectivity index (χ3n) is 8.22. The van der Waals surface area contributed by atoms with Gasteiger partial charge in [-0.25, -0.2) is 0 Å². The Morgan fingerprint density at radius 1 is 0.396 bits per heavy atom. The van der Waals surface area contributed by atoms with Crippen molar-refractivity contribution < 1.29 is 19.8 Å². The predicted molar refractivity (Wildman–Crippen MR) is 218 cm³/mol. The van der Waals surface area contributed by atoms with Gasteiger partial charge in [-0.05, 0) is 24.3 Å². The number of rotatable bonds is 36. The maximum Gasteiger partial charge on any atom is 3.00 e. The summed E-state index contributed by atoms with van der Waals surface area (Å²) in [7, 11) is 0. The van der Waals surface area contributed by atoms with Gasteiger partial charge in [0.1, 0.15) is 0 Å². The van der Waals surface area contributed by atoms with E-state index in [9.17, 15) is 19.8 Å². The van der Waals surface area contributed by atoms with Gasteiger partial charge < -0.3 is 32.4 Å². The molecule has 0 aliphatic carbocycles. The number of thioether (sulfide) groups is 2. The number of hydrogen-bond donors (Lipinski definition) is 0. The van der Waals surface area contributed by atoms with Crippen LogP contribution < -0.4 is 10.2 Å². The van der Waals surface area contributed by atoms with Crippen molar-refractivity contribution in [3.8, 4) is 0 Å². The van der Waals surface area contributed by atoms with Crippen molar-refractivity contribution in [1.29, 1.82) is 0 Å². The summed E-state index contributed by atoms with van der Waals surface area (Å²) in [5.74, 6) is 1.30. The van der Waals surface area contributed by atoms with Crippen molar-refractivity contribution in [3.05, 3.63) is 0 Å². The third-order valence-corrected chi connectivity index (χ3v) is 10.5. The molecule has 0 spiro atoms. The summed E-state index contributed by atoms with van der Waals surface area (Å²) in [6.07, 6.45) is 40.6. The summed E-state index contributed by atoms with van der Waals surface area (Å²) in [5, 5.41) is 20.3. The van der Waals surface area contributed by atoms with Crippen LogP contribution in [0.15, 0.2) is 0 Å². The van der Waals surface area contributed by atoms with Gasteiger partial charge in [0, 0.05) is 11.5 Å². The number of carboxylic acids is 2. The van der Waals surface area contributed by atoms with E-state index in [1.807, 2.05) is 0 Å². The van der Waals surface area contributed by atoms with E-state index in [-0.39, 0.29) is 35.9 Å². The van der Waals surface area contributed by atoms with Gasteiger partial charge in [-0.3, -0.25) is 0 Å². The van der Waals surface area contributed by atoms with Gasteiger partial charge in [0.25, 0.3) is 0 Å². The Bertz CT molecular complexity index is 537. The molecular weight excluding hydrogens is 762 g/mol. The average Bonchev–Trinajstić information content (AvgIpc) is 3.05. The summed E-state index contributed by atoms with van der Waals surface area (Å²) in [6, 6.07) is 0. The van der Waals surface area contributed by atoms with Crippen LogP contribution in [-0.4, -0.2) is 65.1 Å². The molecule has 2 radical (unpaired) electrons. The van der Waals surface area contributed by atoms with Crippen molar-refractivity contribution in [1.82, 2.24) is 0 Å². The molecule has 0 aromatic carbocycles. The molecule has 0 rings (SSSR count). The molecule has 0 aliphatic rings. The van der Waals surface area contributed by atoms with Gasteiger partial charge in [-0.15, -0.1) is 0 Å². The first kappa shape index (κ1) is 55.6. The Morgan fingerprint density at radius 3 is 0.812 bits per heavy atom. The summed E-state index contributed by atoms with van der Waals surface area (Å²) < 4.78 is 0. The molecule has 0 saturated heterocycles. The second kappa shape index (κ2) is 54.6. The van der Waals surface area contributed by atoms with Gasteiger partial charge in [-0.1, -0.05) is 201 Å². The topological polar surface area (TPSA) is 80.3 Å². The summed E-state index contributed by atoms with van der Waals surface area (Å²) in [5.41, 5.74) is 0. The molecule has 0 N–H and O–H groups in total. The minimum absolute atomic E-state index is 0. The molecule has 48 heavy (non-hydrogen) atoms. The maximum absolute atomic E-state index is 10.1. The fourth-order valence-corrected chi connectivity index (χ4v) is 6.93. The fraction of sp³-hybridized carbons (Fsp3) is 0.950. The number of carbonyl (C=O) groups excluding carboxylic acids is 2. The number of carboxylic acid groups (broad SMARTS) is 2. The zero-order valence-corrected chi connectivity index (χ0v) is 37.1. The van der Waals surface area contributed by atoms with Crippen molar-refractivity contribution >= 4 is 72.5 Å². The maximum atomic E-state index is 10.1. The van der Waals surface area contributed by atoms with E-state index in [1.165, 1.54) is 203 Å². The van der Waals surface area contributed by atoms with Crippen LogP contribution in [0.3, 0.4) is 0 Å². The zero-order chi connectivity index (χ0) is 35.3. The number of hydrogen-bond acceptors (Lipinski definition) is 7. The molecule has 286 valence electrons. The van der Waals surface area contributed by atoms with Crippen LogP contribution in [0.5, 0.6) is 0 Å². The van der Waals surface area contributed by atoms with Gasteiger partial charge in [0.05, 0.1) is 11.9 Å².